The zero-order valence-electron chi connectivity index (χ0n) is 16.4. The number of carbonyl (C=O) groups is 1. The van der Waals surface area contributed by atoms with Crippen LogP contribution in [0.1, 0.15) is 35.9 Å². The average molecular weight is 372 g/mol. The quantitative estimate of drug-likeness (QED) is 0.798. The summed E-state index contributed by atoms with van der Waals surface area (Å²) in [6, 6.07) is 2.35. The van der Waals surface area contributed by atoms with Crippen LogP contribution in [-0.2, 0) is 36.1 Å². The normalized spacial score (nSPS) is 20.7. The van der Waals surface area contributed by atoms with Gasteiger partial charge in [0.2, 0.25) is 5.91 Å². The number of ether oxygens (including phenoxy) is 1. The molecule has 1 saturated heterocycles. The third-order valence-electron chi connectivity index (χ3n) is 5.57. The fourth-order valence-corrected chi connectivity index (χ4v) is 3.99. The molecule has 2 aliphatic rings. The van der Waals surface area contributed by atoms with Crippen molar-refractivity contribution in [1.82, 2.24) is 29.1 Å². The van der Waals surface area contributed by atoms with E-state index in [2.05, 4.69) is 33.8 Å². The van der Waals surface area contributed by atoms with Gasteiger partial charge in [0.1, 0.15) is 5.82 Å². The van der Waals surface area contributed by atoms with Gasteiger partial charge in [-0.05, 0) is 19.9 Å². The molecular weight excluding hydrogens is 344 g/mol. The van der Waals surface area contributed by atoms with Gasteiger partial charge in [0.05, 0.1) is 42.8 Å². The zero-order valence-corrected chi connectivity index (χ0v) is 16.4. The largest absolute Gasteiger partial charge is 0.378 e. The van der Waals surface area contributed by atoms with E-state index >= 15 is 0 Å². The summed E-state index contributed by atoms with van der Waals surface area (Å²) in [7, 11) is 1.99. The second-order valence-electron chi connectivity index (χ2n) is 7.50. The molecule has 1 amide bonds. The molecule has 0 radical (unpaired) electrons. The highest BCUT2D eigenvalue weighted by atomic mass is 16.5. The lowest BCUT2D eigenvalue weighted by molar-refractivity contribution is -0.134. The van der Waals surface area contributed by atoms with Crippen molar-refractivity contribution in [2.75, 3.05) is 32.8 Å². The van der Waals surface area contributed by atoms with Crippen LogP contribution in [0.2, 0.25) is 0 Å². The van der Waals surface area contributed by atoms with Gasteiger partial charge in [0, 0.05) is 46.0 Å². The van der Waals surface area contributed by atoms with Crippen molar-refractivity contribution in [3.63, 3.8) is 0 Å². The number of imidazole rings is 1. The SMILES string of the molecule is Cc1cc(CN2CCn3cc(CC(=O)N4CCOCC4)nc3[C@H]2C)n(C)n1. The van der Waals surface area contributed by atoms with Crippen LogP contribution in [-0.4, -0.2) is 67.9 Å². The van der Waals surface area contributed by atoms with Crippen molar-refractivity contribution in [3.8, 4) is 0 Å². The second-order valence-corrected chi connectivity index (χ2v) is 7.50. The monoisotopic (exact) mass is 372 g/mol. The van der Waals surface area contributed by atoms with Crippen LogP contribution in [0.3, 0.4) is 0 Å². The molecule has 4 rings (SSSR count). The first-order valence-electron chi connectivity index (χ1n) is 9.66. The molecule has 0 saturated carbocycles. The summed E-state index contributed by atoms with van der Waals surface area (Å²) in [6.45, 7) is 9.55. The zero-order chi connectivity index (χ0) is 19.0. The van der Waals surface area contributed by atoms with E-state index in [0.29, 0.717) is 32.7 Å². The molecular formula is C19H28N6O2. The number of nitrogens with zero attached hydrogens (tertiary/aromatic N) is 6. The molecule has 0 spiro atoms. The number of hydrogen-bond acceptors (Lipinski definition) is 5. The maximum absolute atomic E-state index is 12.5. The summed E-state index contributed by atoms with van der Waals surface area (Å²) in [6.07, 6.45) is 2.42. The average Bonchev–Trinajstić information content (AvgIpc) is 3.21. The lowest BCUT2D eigenvalue weighted by Gasteiger charge is -2.33. The van der Waals surface area contributed by atoms with E-state index in [-0.39, 0.29) is 11.9 Å². The third kappa shape index (κ3) is 3.77. The van der Waals surface area contributed by atoms with Crippen LogP contribution in [0.25, 0.3) is 0 Å². The molecule has 1 atom stereocenters. The van der Waals surface area contributed by atoms with Crippen LogP contribution in [0, 0.1) is 6.92 Å². The van der Waals surface area contributed by atoms with Crippen LogP contribution in [0.15, 0.2) is 12.3 Å². The number of fused-ring (bicyclic) bond motifs is 1. The molecule has 0 aromatic carbocycles. The number of aryl methyl sites for hydroxylation is 2. The molecule has 2 aliphatic heterocycles. The summed E-state index contributed by atoms with van der Waals surface area (Å²) in [5.74, 6) is 1.19. The molecule has 8 nitrogen and oxygen atoms in total. The first-order valence-corrected chi connectivity index (χ1v) is 9.66. The summed E-state index contributed by atoms with van der Waals surface area (Å²) >= 11 is 0. The van der Waals surface area contributed by atoms with E-state index in [4.69, 9.17) is 9.72 Å². The van der Waals surface area contributed by atoms with Gasteiger partial charge in [-0.15, -0.1) is 0 Å². The standard InChI is InChI=1S/C19H28N6O2/c1-14-10-17(22(3)21-14)13-24-4-5-25-12-16(20-19(25)15(24)2)11-18(26)23-6-8-27-9-7-23/h10,12,15H,4-9,11,13H2,1-3H3/t15-/m1/s1. The predicted molar refractivity (Wildman–Crippen MR) is 100 cm³/mol. The van der Waals surface area contributed by atoms with Crippen molar-refractivity contribution in [3.05, 3.63) is 35.2 Å². The van der Waals surface area contributed by atoms with E-state index in [9.17, 15) is 4.79 Å². The van der Waals surface area contributed by atoms with Crippen molar-refractivity contribution in [2.45, 2.75) is 39.4 Å². The molecule has 8 heteroatoms. The lowest BCUT2D eigenvalue weighted by Crippen LogP contribution is -2.41. The van der Waals surface area contributed by atoms with Crippen LogP contribution in [0.5, 0.6) is 0 Å². The maximum atomic E-state index is 12.5. The molecule has 146 valence electrons. The van der Waals surface area contributed by atoms with Crippen molar-refractivity contribution >= 4 is 5.91 Å². The first kappa shape index (κ1) is 18.2. The minimum absolute atomic E-state index is 0.142. The Kier molecular flexibility index (Phi) is 5.01. The van der Waals surface area contributed by atoms with Gasteiger partial charge >= 0.3 is 0 Å². The minimum atomic E-state index is 0.142. The summed E-state index contributed by atoms with van der Waals surface area (Å²) < 4.78 is 9.49. The Labute approximate surface area is 159 Å². The lowest BCUT2D eigenvalue weighted by atomic mass is 10.2. The van der Waals surface area contributed by atoms with Gasteiger partial charge in [-0.2, -0.15) is 5.10 Å². The Morgan fingerprint density at radius 2 is 2.04 bits per heavy atom. The Hall–Kier alpha value is -2.19. The van der Waals surface area contributed by atoms with Crippen molar-refractivity contribution in [1.29, 1.82) is 0 Å². The minimum Gasteiger partial charge on any atom is -0.378 e. The molecule has 2 aromatic heterocycles. The smallest absolute Gasteiger partial charge is 0.228 e. The van der Waals surface area contributed by atoms with Gasteiger partial charge in [-0.3, -0.25) is 14.4 Å². The Bertz CT molecular complexity index is 820. The van der Waals surface area contributed by atoms with Gasteiger partial charge in [-0.1, -0.05) is 0 Å². The highest BCUT2D eigenvalue weighted by Gasteiger charge is 2.28. The molecule has 0 unspecified atom stereocenters. The molecule has 0 bridgehead atoms. The van der Waals surface area contributed by atoms with E-state index in [0.717, 1.165) is 36.8 Å². The van der Waals surface area contributed by atoms with E-state index in [1.807, 2.05) is 23.6 Å². The van der Waals surface area contributed by atoms with Gasteiger partial charge in [0.25, 0.3) is 0 Å². The maximum Gasteiger partial charge on any atom is 0.228 e. The van der Waals surface area contributed by atoms with E-state index in [1.165, 1.54) is 5.69 Å². The predicted octanol–water partition coefficient (Wildman–Crippen LogP) is 0.903. The highest BCUT2D eigenvalue weighted by Crippen LogP contribution is 2.26. The molecule has 0 aliphatic carbocycles. The third-order valence-corrected chi connectivity index (χ3v) is 5.57. The van der Waals surface area contributed by atoms with Crippen molar-refractivity contribution in [2.24, 2.45) is 7.05 Å². The van der Waals surface area contributed by atoms with Gasteiger partial charge in [0.15, 0.2) is 0 Å². The molecule has 4 heterocycles. The number of aromatic nitrogens is 4. The Morgan fingerprint density at radius 1 is 1.26 bits per heavy atom. The summed E-state index contributed by atoms with van der Waals surface area (Å²) in [5, 5.41) is 4.45. The van der Waals surface area contributed by atoms with Crippen LogP contribution < -0.4 is 0 Å². The number of carbonyl (C=O) groups excluding carboxylic acids is 1. The number of amides is 1. The Morgan fingerprint density at radius 3 is 2.74 bits per heavy atom. The molecule has 0 N–H and O–H groups in total. The molecule has 2 aromatic rings. The first-order chi connectivity index (χ1) is 13.0. The topological polar surface area (TPSA) is 68.4 Å². The number of morpholine rings is 1. The van der Waals surface area contributed by atoms with Crippen molar-refractivity contribution < 1.29 is 9.53 Å². The Balaban J connectivity index is 1.44. The van der Waals surface area contributed by atoms with Crippen LogP contribution in [0.4, 0.5) is 0 Å². The van der Waals surface area contributed by atoms with Gasteiger partial charge < -0.3 is 14.2 Å². The number of hydrogen-bond donors (Lipinski definition) is 0. The van der Waals surface area contributed by atoms with E-state index in [1.54, 1.807) is 0 Å². The van der Waals surface area contributed by atoms with Gasteiger partial charge in [-0.25, -0.2) is 4.98 Å². The fraction of sp³-hybridized carbons (Fsp3) is 0.632. The fourth-order valence-electron chi connectivity index (χ4n) is 3.99. The highest BCUT2D eigenvalue weighted by molar-refractivity contribution is 5.78. The summed E-state index contributed by atoms with van der Waals surface area (Å²) in [5.41, 5.74) is 3.12. The molecule has 27 heavy (non-hydrogen) atoms. The summed E-state index contributed by atoms with van der Waals surface area (Å²) in [4.78, 5) is 21.6. The second kappa shape index (κ2) is 7.44. The van der Waals surface area contributed by atoms with Crippen LogP contribution >= 0.6 is 0 Å². The number of rotatable bonds is 4. The van der Waals surface area contributed by atoms with E-state index < -0.39 is 0 Å². The molecule has 1 fully saturated rings.